The molecule has 3 heteroatoms. The van der Waals surface area contributed by atoms with Gasteiger partial charge >= 0.3 is 0 Å². The minimum absolute atomic E-state index is 0.282. The van der Waals surface area contributed by atoms with Crippen LogP contribution in [-0.2, 0) is 4.74 Å². The summed E-state index contributed by atoms with van der Waals surface area (Å²) in [7, 11) is 0. The van der Waals surface area contributed by atoms with Gasteiger partial charge in [0, 0.05) is 18.4 Å². The van der Waals surface area contributed by atoms with E-state index in [9.17, 15) is 5.11 Å². The molecule has 0 fully saturated rings. The number of phenols is 1. The number of ether oxygens (including phenoxy) is 1. The van der Waals surface area contributed by atoms with Crippen LogP contribution in [0, 0.1) is 0 Å². The molecule has 0 bridgehead atoms. The molecule has 0 saturated carbocycles. The quantitative estimate of drug-likeness (QED) is 0.298. The molecule has 3 aromatic rings. The van der Waals surface area contributed by atoms with Crippen molar-refractivity contribution in [2.24, 2.45) is 0 Å². The van der Waals surface area contributed by atoms with Crippen molar-refractivity contribution in [3.8, 4) is 28.1 Å². The predicted octanol–water partition coefficient (Wildman–Crippen LogP) is 7.90. The Labute approximate surface area is 192 Å². The molecule has 0 aliphatic rings. The molecule has 1 atom stereocenters. The second-order valence-corrected chi connectivity index (χ2v) is 8.32. The molecule has 0 aliphatic carbocycles. The summed E-state index contributed by atoms with van der Waals surface area (Å²) in [6, 6.07) is 19.8. The summed E-state index contributed by atoms with van der Waals surface area (Å²) in [6.45, 7) is 5.29. The lowest BCUT2D eigenvalue weighted by atomic mass is 10.0. The largest absolute Gasteiger partial charge is 0.508 e. The number of aromatic hydroxyl groups is 1. The van der Waals surface area contributed by atoms with Crippen molar-refractivity contribution < 1.29 is 9.84 Å². The second kappa shape index (κ2) is 12.8. The first-order valence-electron chi connectivity index (χ1n) is 11.8. The maximum absolute atomic E-state index is 9.45. The Balaban J connectivity index is 1.45. The van der Waals surface area contributed by atoms with Gasteiger partial charge in [-0.2, -0.15) is 0 Å². The van der Waals surface area contributed by atoms with E-state index in [1.54, 1.807) is 12.1 Å². The molecule has 3 rings (SSSR count). The van der Waals surface area contributed by atoms with Gasteiger partial charge in [0.2, 0.25) is 0 Å². The molecule has 0 radical (unpaired) electrons. The van der Waals surface area contributed by atoms with E-state index >= 15 is 0 Å². The fourth-order valence-electron chi connectivity index (χ4n) is 3.62. The number of phenolic OH excluding ortho intramolecular Hbond substituents is 1. The second-order valence-electron chi connectivity index (χ2n) is 8.32. The normalized spacial score (nSPS) is 12.3. The van der Waals surface area contributed by atoms with E-state index in [1.165, 1.54) is 19.3 Å². The Morgan fingerprint density at radius 3 is 2.22 bits per heavy atom. The maximum atomic E-state index is 9.45. The van der Waals surface area contributed by atoms with Gasteiger partial charge in [0.25, 0.3) is 0 Å². The number of rotatable bonds is 12. The van der Waals surface area contributed by atoms with Crippen molar-refractivity contribution in [2.75, 3.05) is 6.61 Å². The van der Waals surface area contributed by atoms with Gasteiger partial charge in [-0.1, -0.05) is 74.4 Å². The lowest BCUT2D eigenvalue weighted by molar-refractivity contribution is 0.0566. The van der Waals surface area contributed by atoms with E-state index in [4.69, 9.17) is 4.74 Å². The van der Waals surface area contributed by atoms with Crippen molar-refractivity contribution in [2.45, 2.75) is 58.5 Å². The fraction of sp³-hybridized carbons (Fsp3) is 0.345. The average Bonchev–Trinajstić information content (AvgIpc) is 2.83. The molecule has 0 amide bonds. The molecular weight excluding hydrogens is 394 g/mol. The third-order valence-electron chi connectivity index (χ3n) is 5.61. The minimum atomic E-state index is 0.282. The van der Waals surface area contributed by atoms with Crippen LogP contribution in [0.1, 0.15) is 57.9 Å². The monoisotopic (exact) mass is 429 g/mol. The Morgan fingerprint density at radius 2 is 1.56 bits per heavy atom. The molecule has 0 saturated heterocycles. The lowest BCUT2D eigenvalue weighted by Gasteiger charge is -2.11. The van der Waals surface area contributed by atoms with Gasteiger partial charge in [0.05, 0.1) is 11.8 Å². The maximum Gasteiger partial charge on any atom is 0.115 e. The van der Waals surface area contributed by atoms with E-state index in [0.717, 1.165) is 53.8 Å². The molecule has 1 heterocycles. The zero-order chi connectivity index (χ0) is 22.6. The van der Waals surface area contributed by atoms with Crippen LogP contribution in [0.25, 0.3) is 28.5 Å². The number of hydrogen-bond acceptors (Lipinski definition) is 3. The fourth-order valence-corrected chi connectivity index (χ4v) is 3.62. The predicted molar refractivity (Wildman–Crippen MR) is 135 cm³/mol. The van der Waals surface area contributed by atoms with Crippen LogP contribution in [0.4, 0.5) is 0 Å². The highest BCUT2D eigenvalue weighted by molar-refractivity contribution is 5.69. The summed E-state index contributed by atoms with van der Waals surface area (Å²) in [5.74, 6) is 0.282. The summed E-state index contributed by atoms with van der Waals surface area (Å²) >= 11 is 0. The van der Waals surface area contributed by atoms with Gasteiger partial charge in [-0.25, -0.2) is 0 Å². The first-order chi connectivity index (χ1) is 15.7. The molecule has 0 spiro atoms. The van der Waals surface area contributed by atoms with Crippen molar-refractivity contribution in [1.29, 1.82) is 0 Å². The third kappa shape index (κ3) is 7.65. The Kier molecular flexibility index (Phi) is 9.52. The summed E-state index contributed by atoms with van der Waals surface area (Å²) in [6.07, 6.45) is 13.6. The standard InChI is InChI=1S/C29H35NO2/c1-3-4-8-21-32-23(2)9-6-5-7-10-24-11-20-29(30-22-24)27-14-12-25(13-15-27)26-16-18-28(31)19-17-26/h7,10-20,22-23,31H,3-6,8-9,21H2,1-2H3. The van der Waals surface area contributed by atoms with Gasteiger partial charge < -0.3 is 9.84 Å². The van der Waals surface area contributed by atoms with Crippen LogP contribution in [0.3, 0.4) is 0 Å². The number of aromatic nitrogens is 1. The first kappa shape index (κ1) is 23.7. The van der Waals surface area contributed by atoms with Crippen LogP contribution < -0.4 is 0 Å². The van der Waals surface area contributed by atoms with Crippen molar-refractivity contribution in [3.63, 3.8) is 0 Å². The van der Waals surface area contributed by atoms with Gasteiger partial charge in [-0.15, -0.1) is 0 Å². The number of allylic oxidation sites excluding steroid dienone is 1. The van der Waals surface area contributed by atoms with Crippen LogP contribution in [-0.4, -0.2) is 22.8 Å². The Hall–Kier alpha value is -2.91. The number of hydrogen-bond donors (Lipinski definition) is 1. The molecule has 168 valence electrons. The van der Waals surface area contributed by atoms with Crippen molar-refractivity contribution >= 4 is 6.08 Å². The highest BCUT2D eigenvalue weighted by Gasteiger charge is 2.03. The molecule has 3 nitrogen and oxygen atoms in total. The molecule has 1 unspecified atom stereocenters. The lowest BCUT2D eigenvalue weighted by Crippen LogP contribution is -2.08. The first-order valence-corrected chi connectivity index (χ1v) is 11.8. The average molecular weight is 430 g/mol. The molecule has 1 N–H and O–H groups in total. The zero-order valence-corrected chi connectivity index (χ0v) is 19.3. The van der Waals surface area contributed by atoms with E-state index < -0.39 is 0 Å². The van der Waals surface area contributed by atoms with Crippen LogP contribution in [0.15, 0.2) is 72.9 Å². The van der Waals surface area contributed by atoms with Crippen molar-refractivity contribution in [1.82, 2.24) is 4.98 Å². The number of pyridine rings is 1. The zero-order valence-electron chi connectivity index (χ0n) is 19.3. The summed E-state index contributed by atoms with van der Waals surface area (Å²) in [5, 5.41) is 9.45. The van der Waals surface area contributed by atoms with Crippen LogP contribution >= 0.6 is 0 Å². The van der Waals surface area contributed by atoms with E-state index in [0.29, 0.717) is 6.10 Å². The van der Waals surface area contributed by atoms with E-state index in [1.807, 2.05) is 18.3 Å². The van der Waals surface area contributed by atoms with Gasteiger partial charge in [-0.3, -0.25) is 4.98 Å². The number of nitrogens with zero attached hydrogens (tertiary/aromatic N) is 1. The summed E-state index contributed by atoms with van der Waals surface area (Å²) in [5.41, 5.74) is 5.39. The topological polar surface area (TPSA) is 42.4 Å². The van der Waals surface area contributed by atoms with Crippen molar-refractivity contribution in [3.05, 3.63) is 78.5 Å². The molecular formula is C29H35NO2. The van der Waals surface area contributed by atoms with Crippen LogP contribution in [0.2, 0.25) is 0 Å². The van der Waals surface area contributed by atoms with Crippen LogP contribution in [0.5, 0.6) is 5.75 Å². The highest BCUT2D eigenvalue weighted by Crippen LogP contribution is 2.25. The number of unbranched alkanes of at least 4 members (excludes halogenated alkanes) is 3. The highest BCUT2D eigenvalue weighted by atomic mass is 16.5. The molecule has 0 aliphatic heterocycles. The Morgan fingerprint density at radius 1 is 0.875 bits per heavy atom. The van der Waals surface area contributed by atoms with Gasteiger partial charge in [0.15, 0.2) is 0 Å². The Bertz CT molecular complexity index is 944. The smallest absolute Gasteiger partial charge is 0.115 e. The van der Waals surface area contributed by atoms with Gasteiger partial charge in [-0.05, 0) is 67.5 Å². The molecule has 2 aromatic carbocycles. The molecule has 32 heavy (non-hydrogen) atoms. The van der Waals surface area contributed by atoms with E-state index in [2.05, 4.69) is 67.4 Å². The minimum Gasteiger partial charge on any atom is -0.508 e. The number of benzene rings is 2. The summed E-state index contributed by atoms with van der Waals surface area (Å²) < 4.78 is 5.86. The van der Waals surface area contributed by atoms with E-state index in [-0.39, 0.29) is 5.75 Å². The summed E-state index contributed by atoms with van der Waals surface area (Å²) in [4.78, 5) is 4.63. The van der Waals surface area contributed by atoms with Gasteiger partial charge in [0.1, 0.15) is 5.75 Å². The SMILES string of the molecule is CCCCCOC(C)CCCC=Cc1ccc(-c2ccc(-c3ccc(O)cc3)cc2)nc1. The third-order valence-corrected chi connectivity index (χ3v) is 5.61. The molecule has 1 aromatic heterocycles.